The maximum atomic E-state index is 12.5. The van der Waals surface area contributed by atoms with Gasteiger partial charge >= 0.3 is 0 Å². The number of likely N-dealkylation sites (N-methyl/N-ethyl adjacent to an activating group) is 1. The van der Waals surface area contributed by atoms with Gasteiger partial charge in [0.05, 0.1) is 0 Å². The number of ketones is 1. The largest absolute Gasteiger partial charge is 0.319 e. The number of nitrogens with one attached hydrogen (secondary N) is 1. The highest BCUT2D eigenvalue weighted by atomic mass is 79.9. The zero-order valence-corrected chi connectivity index (χ0v) is 14.2. The Morgan fingerprint density at radius 1 is 1.19 bits per heavy atom. The Morgan fingerprint density at radius 2 is 1.95 bits per heavy atom. The molecule has 0 aliphatic heterocycles. The Hall–Kier alpha value is -1.16. The first kappa shape index (κ1) is 16.2. The van der Waals surface area contributed by atoms with Crippen molar-refractivity contribution in [1.29, 1.82) is 0 Å². The van der Waals surface area contributed by atoms with Crippen LogP contribution in [0.15, 0.2) is 46.9 Å². The second kappa shape index (κ2) is 7.74. The van der Waals surface area contributed by atoms with E-state index in [1.54, 1.807) is 0 Å². The van der Waals surface area contributed by atoms with Gasteiger partial charge in [-0.3, -0.25) is 4.79 Å². The van der Waals surface area contributed by atoms with Crippen molar-refractivity contribution in [1.82, 2.24) is 5.32 Å². The fourth-order valence-electron chi connectivity index (χ4n) is 2.20. The minimum atomic E-state index is 0.103. The molecule has 110 valence electrons. The van der Waals surface area contributed by atoms with Crippen LogP contribution in [0.4, 0.5) is 0 Å². The number of carbonyl (C=O) groups is 1. The highest BCUT2D eigenvalue weighted by molar-refractivity contribution is 9.10. The van der Waals surface area contributed by atoms with Gasteiger partial charge < -0.3 is 5.32 Å². The summed E-state index contributed by atoms with van der Waals surface area (Å²) < 4.78 is 0.915. The fraction of sp³-hybridized carbons (Fsp3) is 0.235. The molecule has 0 aliphatic carbocycles. The van der Waals surface area contributed by atoms with Gasteiger partial charge in [-0.1, -0.05) is 57.9 Å². The molecule has 0 spiro atoms. The average molecular weight is 367 g/mol. The number of Topliss-reactive ketones (excluding diaryl/α,β-unsaturated/α-hetero) is 1. The molecule has 4 heteroatoms. The molecule has 0 atom stereocenters. The van der Waals surface area contributed by atoms with Crippen LogP contribution in [0.2, 0.25) is 5.02 Å². The highest BCUT2D eigenvalue weighted by Crippen LogP contribution is 2.23. The molecule has 0 aliphatic rings. The van der Waals surface area contributed by atoms with E-state index in [1.807, 2.05) is 49.5 Å². The van der Waals surface area contributed by atoms with Crippen LogP contribution in [0.3, 0.4) is 0 Å². The highest BCUT2D eigenvalue weighted by Gasteiger charge is 2.13. The first-order chi connectivity index (χ1) is 10.1. The second-order valence-corrected chi connectivity index (χ2v) is 6.17. The lowest BCUT2D eigenvalue weighted by molar-refractivity contribution is 0.0992. The minimum absolute atomic E-state index is 0.103. The summed E-state index contributed by atoms with van der Waals surface area (Å²) in [4.78, 5) is 12.5. The van der Waals surface area contributed by atoms with Gasteiger partial charge in [-0.2, -0.15) is 0 Å². The lowest BCUT2D eigenvalue weighted by Crippen LogP contribution is -2.14. The molecule has 0 saturated carbocycles. The van der Waals surface area contributed by atoms with Gasteiger partial charge in [-0.05, 0) is 43.3 Å². The molecular weight excluding hydrogens is 350 g/mol. The van der Waals surface area contributed by atoms with E-state index in [0.29, 0.717) is 11.4 Å². The van der Waals surface area contributed by atoms with Crippen molar-refractivity contribution in [2.75, 3.05) is 13.6 Å². The number of halogens is 2. The molecule has 0 saturated heterocycles. The molecule has 1 N–H and O–H groups in total. The number of hydrogen-bond acceptors (Lipinski definition) is 2. The summed E-state index contributed by atoms with van der Waals surface area (Å²) in [6.07, 6.45) is 1.16. The Labute approximate surface area is 138 Å². The summed E-state index contributed by atoms with van der Waals surface area (Å²) in [7, 11) is 1.91. The third kappa shape index (κ3) is 4.40. The van der Waals surface area contributed by atoms with Crippen LogP contribution in [0.25, 0.3) is 0 Å². The van der Waals surface area contributed by atoms with Crippen molar-refractivity contribution >= 4 is 33.3 Å². The van der Waals surface area contributed by atoms with E-state index in [2.05, 4.69) is 21.2 Å². The summed E-state index contributed by atoms with van der Waals surface area (Å²) >= 11 is 9.56. The van der Waals surface area contributed by atoms with Crippen LogP contribution in [-0.2, 0) is 12.8 Å². The van der Waals surface area contributed by atoms with Crippen molar-refractivity contribution in [3.05, 3.63) is 68.7 Å². The molecule has 0 bridgehead atoms. The maximum Gasteiger partial charge on any atom is 0.167 e. The van der Waals surface area contributed by atoms with E-state index >= 15 is 0 Å². The van der Waals surface area contributed by atoms with Gasteiger partial charge in [0, 0.05) is 21.5 Å². The molecule has 2 aromatic carbocycles. The zero-order chi connectivity index (χ0) is 15.2. The Balaban J connectivity index is 2.20. The van der Waals surface area contributed by atoms with E-state index in [0.717, 1.165) is 34.1 Å². The van der Waals surface area contributed by atoms with E-state index in [9.17, 15) is 4.79 Å². The SMILES string of the molecule is CNCCc1ccccc1C(=O)Cc1ccc(Br)cc1Cl. The molecule has 0 radical (unpaired) electrons. The van der Waals surface area contributed by atoms with Crippen LogP contribution in [0.5, 0.6) is 0 Å². The number of hydrogen-bond donors (Lipinski definition) is 1. The molecule has 2 aromatic rings. The van der Waals surface area contributed by atoms with Crippen LogP contribution in [0, 0.1) is 0 Å². The molecule has 0 fully saturated rings. The first-order valence-corrected chi connectivity index (χ1v) is 7.98. The summed E-state index contributed by atoms with van der Waals surface area (Å²) in [6.45, 7) is 0.851. The summed E-state index contributed by atoms with van der Waals surface area (Å²) in [5.41, 5.74) is 2.71. The smallest absolute Gasteiger partial charge is 0.167 e. The van der Waals surface area contributed by atoms with Gasteiger partial charge in [-0.25, -0.2) is 0 Å². The van der Waals surface area contributed by atoms with Gasteiger partial charge in [0.25, 0.3) is 0 Å². The number of carbonyl (C=O) groups excluding carboxylic acids is 1. The second-order valence-electron chi connectivity index (χ2n) is 4.85. The molecule has 21 heavy (non-hydrogen) atoms. The predicted octanol–water partition coefficient (Wildman–Crippen LogP) is 4.29. The lowest BCUT2D eigenvalue weighted by atomic mass is 9.97. The Morgan fingerprint density at radius 3 is 2.67 bits per heavy atom. The number of rotatable bonds is 6. The molecule has 0 heterocycles. The van der Waals surface area contributed by atoms with Crippen molar-refractivity contribution in [2.24, 2.45) is 0 Å². The summed E-state index contributed by atoms with van der Waals surface area (Å²) in [5.74, 6) is 0.103. The third-order valence-electron chi connectivity index (χ3n) is 3.33. The molecular formula is C17H17BrClNO. The normalized spacial score (nSPS) is 10.6. The summed E-state index contributed by atoms with van der Waals surface area (Å²) in [5, 5.41) is 3.73. The van der Waals surface area contributed by atoms with Gasteiger partial charge in [-0.15, -0.1) is 0 Å². The monoisotopic (exact) mass is 365 g/mol. The standard InChI is InChI=1S/C17H17BrClNO/c1-20-9-8-12-4-2-3-5-15(12)17(21)10-13-6-7-14(18)11-16(13)19/h2-7,11,20H,8-10H2,1H3. The van der Waals surface area contributed by atoms with Crippen LogP contribution < -0.4 is 5.32 Å². The third-order valence-corrected chi connectivity index (χ3v) is 4.17. The maximum absolute atomic E-state index is 12.5. The predicted molar refractivity (Wildman–Crippen MR) is 91.3 cm³/mol. The van der Waals surface area contributed by atoms with Crippen LogP contribution in [0.1, 0.15) is 21.5 Å². The Kier molecular flexibility index (Phi) is 5.97. The molecule has 0 aromatic heterocycles. The zero-order valence-electron chi connectivity index (χ0n) is 11.8. The van der Waals surface area contributed by atoms with Gasteiger partial charge in [0.1, 0.15) is 0 Å². The molecule has 2 rings (SSSR count). The van der Waals surface area contributed by atoms with Crippen molar-refractivity contribution in [2.45, 2.75) is 12.8 Å². The molecule has 2 nitrogen and oxygen atoms in total. The summed E-state index contributed by atoms with van der Waals surface area (Å²) in [6, 6.07) is 13.4. The van der Waals surface area contributed by atoms with E-state index in [-0.39, 0.29) is 5.78 Å². The van der Waals surface area contributed by atoms with E-state index in [1.165, 1.54) is 0 Å². The van der Waals surface area contributed by atoms with Crippen LogP contribution in [-0.4, -0.2) is 19.4 Å². The van der Waals surface area contributed by atoms with Gasteiger partial charge in [0.2, 0.25) is 0 Å². The van der Waals surface area contributed by atoms with E-state index in [4.69, 9.17) is 11.6 Å². The van der Waals surface area contributed by atoms with Crippen molar-refractivity contribution in [3.63, 3.8) is 0 Å². The molecule has 0 unspecified atom stereocenters. The topological polar surface area (TPSA) is 29.1 Å². The quantitative estimate of drug-likeness (QED) is 0.773. The fourth-order valence-corrected chi connectivity index (χ4v) is 2.94. The van der Waals surface area contributed by atoms with Crippen molar-refractivity contribution < 1.29 is 4.79 Å². The Bertz CT molecular complexity index is 642. The van der Waals surface area contributed by atoms with Crippen LogP contribution >= 0.6 is 27.5 Å². The first-order valence-electron chi connectivity index (χ1n) is 6.81. The molecule has 0 amide bonds. The average Bonchev–Trinajstić information content (AvgIpc) is 2.48. The van der Waals surface area contributed by atoms with Gasteiger partial charge in [0.15, 0.2) is 5.78 Å². The van der Waals surface area contributed by atoms with E-state index < -0.39 is 0 Å². The number of benzene rings is 2. The lowest BCUT2D eigenvalue weighted by Gasteiger charge is -2.09. The minimum Gasteiger partial charge on any atom is -0.319 e. The van der Waals surface area contributed by atoms with Crippen molar-refractivity contribution in [3.8, 4) is 0 Å².